The molecule has 0 saturated heterocycles. The van der Waals surface area contributed by atoms with Crippen molar-refractivity contribution in [3.8, 4) is 5.75 Å². The molecule has 5 heteroatoms. The third-order valence-electron chi connectivity index (χ3n) is 2.57. The normalized spacial score (nSPS) is 10.9. The second kappa shape index (κ2) is 7.67. The Bertz CT molecular complexity index is 474. The minimum absolute atomic E-state index is 0.214. The maximum atomic E-state index is 11.5. The average Bonchev–Trinajstić information content (AvgIpc) is 2.41. The third kappa shape index (κ3) is 7.34. The van der Waals surface area contributed by atoms with E-state index >= 15 is 0 Å². The van der Waals surface area contributed by atoms with Crippen molar-refractivity contribution in [2.45, 2.75) is 39.7 Å². The fourth-order valence-electron chi connectivity index (χ4n) is 1.61. The molecule has 1 rings (SSSR count). The molecule has 0 aromatic heterocycles. The first kappa shape index (κ1) is 17.0. The van der Waals surface area contributed by atoms with Gasteiger partial charge in [-0.15, -0.1) is 0 Å². The molecule has 0 spiro atoms. The largest absolute Gasteiger partial charge is 0.482 e. The predicted octanol–water partition coefficient (Wildman–Crippen LogP) is 2.09. The Kier molecular flexibility index (Phi) is 6.21. The van der Waals surface area contributed by atoms with E-state index in [9.17, 15) is 9.59 Å². The number of nitrogens with one attached hydrogen (secondary N) is 1. The van der Waals surface area contributed by atoms with Gasteiger partial charge >= 0.3 is 5.97 Å². The Morgan fingerprint density at radius 1 is 1.10 bits per heavy atom. The SMILES string of the molecule is CCc1ccc(OCC(=O)OCC(=O)NC(C)(C)C)cc1. The van der Waals surface area contributed by atoms with Crippen molar-refractivity contribution in [2.75, 3.05) is 13.2 Å². The Labute approximate surface area is 125 Å². The molecule has 116 valence electrons. The van der Waals surface area contributed by atoms with Crippen LogP contribution >= 0.6 is 0 Å². The van der Waals surface area contributed by atoms with E-state index in [0.717, 1.165) is 6.42 Å². The molecule has 21 heavy (non-hydrogen) atoms. The van der Waals surface area contributed by atoms with E-state index in [0.29, 0.717) is 5.75 Å². The van der Waals surface area contributed by atoms with Gasteiger partial charge in [0.25, 0.3) is 5.91 Å². The van der Waals surface area contributed by atoms with Gasteiger partial charge in [0.15, 0.2) is 13.2 Å². The van der Waals surface area contributed by atoms with Crippen LogP contribution in [0.3, 0.4) is 0 Å². The highest BCUT2D eigenvalue weighted by Crippen LogP contribution is 2.12. The highest BCUT2D eigenvalue weighted by atomic mass is 16.6. The number of hydrogen-bond acceptors (Lipinski definition) is 4. The summed E-state index contributed by atoms with van der Waals surface area (Å²) in [5, 5.41) is 2.70. The molecular formula is C16H23NO4. The molecule has 1 N–H and O–H groups in total. The molecule has 1 amide bonds. The zero-order chi connectivity index (χ0) is 15.9. The summed E-state index contributed by atoms with van der Waals surface area (Å²) >= 11 is 0. The van der Waals surface area contributed by atoms with Gasteiger partial charge < -0.3 is 14.8 Å². The standard InChI is InChI=1S/C16H23NO4/c1-5-12-6-8-13(9-7-12)20-11-15(19)21-10-14(18)17-16(2,3)4/h6-9H,5,10-11H2,1-4H3,(H,17,18). The van der Waals surface area contributed by atoms with E-state index < -0.39 is 5.97 Å². The van der Waals surface area contributed by atoms with Crippen LogP contribution in [-0.4, -0.2) is 30.6 Å². The molecule has 0 aliphatic heterocycles. The van der Waals surface area contributed by atoms with Crippen LogP contribution in [-0.2, 0) is 20.7 Å². The van der Waals surface area contributed by atoms with Crippen molar-refractivity contribution in [1.29, 1.82) is 0 Å². The lowest BCUT2D eigenvalue weighted by molar-refractivity contribution is -0.150. The molecule has 1 aromatic carbocycles. The highest BCUT2D eigenvalue weighted by molar-refractivity contribution is 5.81. The number of carbonyl (C=O) groups excluding carboxylic acids is 2. The number of amides is 1. The molecule has 0 bridgehead atoms. The zero-order valence-corrected chi connectivity index (χ0v) is 13.1. The summed E-state index contributed by atoms with van der Waals surface area (Å²) in [5.41, 5.74) is 0.852. The van der Waals surface area contributed by atoms with Crippen molar-refractivity contribution >= 4 is 11.9 Å². The van der Waals surface area contributed by atoms with Crippen LogP contribution in [0.4, 0.5) is 0 Å². The van der Waals surface area contributed by atoms with E-state index in [1.54, 1.807) is 12.1 Å². The van der Waals surface area contributed by atoms with Crippen LogP contribution in [0, 0.1) is 0 Å². The van der Waals surface area contributed by atoms with Gasteiger partial charge in [0.1, 0.15) is 5.75 Å². The lowest BCUT2D eigenvalue weighted by Crippen LogP contribution is -2.43. The molecule has 0 heterocycles. The van der Waals surface area contributed by atoms with Gasteiger partial charge in [0, 0.05) is 5.54 Å². The van der Waals surface area contributed by atoms with Crippen molar-refractivity contribution in [3.05, 3.63) is 29.8 Å². The van der Waals surface area contributed by atoms with Gasteiger partial charge in [0.2, 0.25) is 0 Å². The number of aryl methyl sites for hydroxylation is 1. The number of hydrogen-bond donors (Lipinski definition) is 1. The summed E-state index contributed by atoms with van der Waals surface area (Å²) < 4.78 is 10.1. The van der Waals surface area contributed by atoms with E-state index in [1.807, 2.05) is 32.9 Å². The lowest BCUT2D eigenvalue weighted by Gasteiger charge is -2.20. The van der Waals surface area contributed by atoms with E-state index in [-0.39, 0.29) is 24.7 Å². The van der Waals surface area contributed by atoms with Gasteiger partial charge in [-0.2, -0.15) is 0 Å². The van der Waals surface area contributed by atoms with Crippen LogP contribution in [0.2, 0.25) is 0 Å². The summed E-state index contributed by atoms with van der Waals surface area (Å²) in [4.78, 5) is 23.0. The highest BCUT2D eigenvalue weighted by Gasteiger charge is 2.15. The minimum Gasteiger partial charge on any atom is -0.482 e. The van der Waals surface area contributed by atoms with Crippen molar-refractivity contribution in [3.63, 3.8) is 0 Å². The van der Waals surface area contributed by atoms with Crippen LogP contribution in [0.5, 0.6) is 5.75 Å². The summed E-state index contributed by atoms with van der Waals surface area (Å²) in [6.07, 6.45) is 0.950. The Morgan fingerprint density at radius 2 is 1.71 bits per heavy atom. The monoisotopic (exact) mass is 293 g/mol. The van der Waals surface area contributed by atoms with Crippen LogP contribution < -0.4 is 10.1 Å². The first-order chi connectivity index (χ1) is 9.80. The maximum Gasteiger partial charge on any atom is 0.344 e. The molecule has 0 atom stereocenters. The summed E-state index contributed by atoms with van der Waals surface area (Å²) in [6, 6.07) is 7.49. The second-order valence-corrected chi connectivity index (χ2v) is 5.75. The average molecular weight is 293 g/mol. The minimum atomic E-state index is -0.571. The van der Waals surface area contributed by atoms with Crippen molar-refractivity contribution in [1.82, 2.24) is 5.32 Å². The number of ether oxygens (including phenoxy) is 2. The van der Waals surface area contributed by atoms with Crippen LogP contribution in [0.1, 0.15) is 33.3 Å². The molecule has 0 aliphatic rings. The quantitative estimate of drug-likeness (QED) is 0.816. The first-order valence-corrected chi connectivity index (χ1v) is 6.98. The summed E-state index contributed by atoms with van der Waals surface area (Å²) in [5.74, 6) is -0.301. The maximum absolute atomic E-state index is 11.5. The molecular weight excluding hydrogens is 270 g/mol. The zero-order valence-electron chi connectivity index (χ0n) is 13.1. The lowest BCUT2D eigenvalue weighted by atomic mass is 10.1. The van der Waals surface area contributed by atoms with Gasteiger partial charge in [-0.3, -0.25) is 4.79 Å². The third-order valence-corrected chi connectivity index (χ3v) is 2.57. The van der Waals surface area contributed by atoms with Crippen LogP contribution in [0.25, 0.3) is 0 Å². The molecule has 0 fully saturated rings. The predicted molar refractivity (Wildman–Crippen MR) is 80.2 cm³/mol. The molecule has 1 aromatic rings. The van der Waals surface area contributed by atoms with E-state index in [1.165, 1.54) is 5.56 Å². The number of esters is 1. The second-order valence-electron chi connectivity index (χ2n) is 5.75. The number of carbonyl (C=O) groups is 2. The van der Waals surface area contributed by atoms with Gasteiger partial charge in [0.05, 0.1) is 0 Å². The van der Waals surface area contributed by atoms with Gasteiger partial charge in [-0.25, -0.2) is 4.79 Å². The molecule has 0 unspecified atom stereocenters. The topological polar surface area (TPSA) is 64.6 Å². The van der Waals surface area contributed by atoms with E-state index in [4.69, 9.17) is 9.47 Å². The number of benzene rings is 1. The Hall–Kier alpha value is -2.04. The van der Waals surface area contributed by atoms with Gasteiger partial charge in [-0.1, -0.05) is 19.1 Å². The van der Waals surface area contributed by atoms with Crippen molar-refractivity contribution < 1.29 is 19.1 Å². The summed E-state index contributed by atoms with van der Waals surface area (Å²) in [7, 11) is 0. The molecule has 0 saturated carbocycles. The Balaban J connectivity index is 2.29. The summed E-state index contributed by atoms with van der Waals surface area (Å²) in [6.45, 7) is 7.12. The van der Waals surface area contributed by atoms with Crippen molar-refractivity contribution in [2.24, 2.45) is 0 Å². The Morgan fingerprint density at radius 3 is 2.24 bits per heavy atom. The fraction of sp³-hybridized carbons (Fsp3) is 0.500. The molecule has 5 nitrogen and oxygen atoms in total. The molecule has 0 radical (unpaired) electrons. The van der Waals surface area contributed by atoms with Crippen LogP contribution in [0.15, 0.2) is 24.3 Å². The number of rotatable bonds is 6. The molecule has 0 aliphatic carbocycles. The fourth-order valence-corrected chi connectivity index (χ4v) is 1.61. The van der Waals surface area contributed by atoms with Gasteiger partial charge in [-0.05, 0) is 44.9 Å². The van der Waals surface area contributed by atoms with E-state index in [2.05, 4.69) is 12.2 Å². The first-order valence-electron chi connectivity index (χ1n) is 6.98. The smallest absolute Gasteiger partial charge is 0.344 e.